The molecule has 0 aliphatic heterocycles. The number of anilines is 1. The summed E-state index contributed by atoms with van der Waals surface area (Å²) in [5.41, 5.74) is 1.76. The van der Waals surface area contributed by atoms with E-state index in [0.717, 1.165) is 22.3 Å². The molecule has 0 unspecified atom stereocenters. The van der Waals surface area contributed by atoms with E-state index in [4.69, 9.17) is 16.7 Å². The van der Waals surface area contributed by atoms with Crippen molar-refractivity contribution in [3.05, 3.63) is 53.6 Å². The largest absolute Gasteiger partial charge is 0.395 e. The van der Waals surface area contributed by atoms with E-state index < -0.39 is 0 Å². The van der Waals surface area contributed by atoms with Crippen molar-refractivity contribution in [1.29, 1.82) is 0 Å². The molecule has 0 saturated heterocycles. The molecule has 0 atom stereocenters. The number of nitrogens with one attached hydrogen (secondary N) is 1. The van der Waals surface area contributed by atoms with Crippen LogP contribution < -0.4 is 5.32 Å². The summed E-state index contributed by atoms with van der Waals surface area (Å²) in [6.45, 7) is 0.496. The predicted octanol–water partition coefficient (Wildman–Crippen LogP) is 3.35. The predicted molar refractivity (Wildman–Crippen MR) is 85.6 cm³/mol. The summed E-state index contributed by atoms with van der Waals surface area (Å²) in [4.78, 5) is 9.15. The summed E-state index contributed by atoms with van der Waals surface area (Å²) in [6, 6.07) is 15.2. The van der Waals surface area contributed by atoms with Crippen molar-refractivity contribution in [3.63, 3.8) is 0 Å². The van der Waals surface area contributed by atoms with Gasteiger partial charge in [-0.2, -0.15) is 0 Å². The molecule has 1 aromatic heterocycles. The van der Waals surface area contributed by atoms with Crippen molar-refractivity contribution in [2.45, 2.75) is 0 Å². The van der Waals surface area contributed by atoms with Crippen LogP contribution in [-0.4, -0.2) is 28.2 Å². The molecule has 2 N–H and O–H groups in total. The van der Waals surface area contributed by atoms with Crippen molar-refractivity contribution in [2.75, 3.05) is 18.5 Å². The lowest BCUT2D eigenvalue weighted by molar-refractivity contribution is 0.311. The average Bonchev–Trinajstić information content (AvgIpc) is 2.53. The first-order valence-electron chi connectivity index (χ1n) is 6.65. The van der Waals surface area contributed by atoms with Gasteiger partial charge in [-0.05, 0) is 36.4 Å². The topological polar surface area (TPSA) is 58.0 Å². The van der Waals surface area contributed by atoms with Crippen molar-refractivity contribution in [1.82, 2.24) is 9.97 Å². The molecule has 0 spiro atoms. The van der Waals surface area contributed by atoms with Gasteiger partial charge in [0, 0.05) is 22.5 Å². The highest BCUT2D eigenvalue weighted by Gasteiger charge is 2.08. The number of hydrogen-bond acceptors (Lipinski definition) is 4. The Morgan fingerprint density at radius 3 is 2.52 bits per heavy atom. The van der Waals surface area contributed by atoms with Gasteiger partial charge in [0.15, 0.2) is 5.82 Å². The fourth-order valence-electron chi connectivity index (χ4n) is 2.11. The summed E-state index contributed by atoms with van der Waals surface area (Å²) < 4.78 is 0. The Morgan fingerprint density at radius 1 is 1.00 bits per heavy atom. The molecule has 3 rings (SSSR count). The van der Waals surface area contributed by atoms with Crippen LogP contribution in [0.2, 0.25) is 5.02 Å². The highest BCUT2D eigenvalue weighted by atomic mass is 35.5. The molecule has 0 bridgehead atoms. The molecule has 1 heterocycles. The van der Waals surface area contributed by atoms with Crippen LogP contribution in [0.1, 0.15) is 0 Å². The Kier molecular flexibility index (Phi) is 3.99. The van der Waals surface area contributed by atoms with Crippen LogP contribution in [0.25, 0.3) is 22.3 Å². The van der Waals surface area contributed by atoms with E-state index in [1.807, 2.05) is 48.5 Å². The molecule has 0 saturated carbocycles. The average molecular weight is 300 g/mol. The van der Waals surface area contributed by atoms with Gasteiger partial charge in [0.2, 0.25) is 0 Å². The third-order valence-electron chi connectivity index (χ3n) is 3.11. The van der Waals surface area contributed by atoms with Gasteiger partial charge in [0.25, 0.3) is 0 Å². The van der Waals surface area contributed by atoms with E-state index in [9.17, 15) is 0 Å². The number of aromatic nitrogens is 2. The molecule has 0 aliphatic carbocycles. The van der Waals surface area contributed by atoms with Crippen LogP contribution in [0.15, 0.2) is 48.5 Å². The first kappa shape index (κ1) is 13.8. The van der Waals surface area contributed by atoms with Crippen molar-refractivity contribution >= 4 is 28.3 Å². The standard InChI is InChI=1S/C16H14ClN3O/c17-12-7-5-11(6-8-12)15-19-14-4-2-1-3-13(14)16(20-15)18-9-10-21/h1-8,21H,9-10H2,(H,18,19,20). The van der Waals surface area contributed by atoms with Gasteiger partial charge in [-0.1, -0.05) is 23.7 Å². The highest BCUT2D eigenvalue weighted by molar-refractivity contribution is 6.30. The number of nitrogens with zero attached hydrogens (tertiary/aromatic N) is 2. The van der Waals surface area contributed by atoms with Crippen molar-refractivity contribution in [3.8, 4) is 11.4 Å². The molecule has 0 amide bonds. The van der Waals surface area contributed by atoms with E-state index in [1.165, 1.54) is 0 Å². The number of para-hydroxylation sites is 1. The Morgan fingerprint density at radius 2 is 1.76 bits per heavy atom. The van der Waals surface area contributed by atoms with Gasteiger partial charge in [-0.25, -0.2) is 9.97 Å². The van der Waals surface area contributed by atoms with Crippen LogP contribution in [0, 0.1) is 0 Å². The summed E-state index contributed by atoms with van der Waals surface area (Å²) in [5.74, 6) is 1.35. The van der Waals surface area contributed by atoms with Crippen LogP contribution in [0.4, 0.5) is 5.82 Å². The minimum absolute atomic E-state index is 0.0502. The third-order valence-corrected chi connectivity index (χ3v) is 3.36. The molecule has 4 nitrogen and oxygen atoms in total. The van der Waals surface area contributed by atoms with E-state index >= 15 is 0 Å². The summed E-state index contributed by atoms with van der Waals surface area (Å²) in [7, 11) is 0. The second kappa shape index (κ2) is 6.08. The molecule has 5 heteroatoms. The Bertz CT molecular complexity index is 759. The molecule has 3 aromatic rings. The van der Waals surface area contributed by atoms with E-state index in [2.05, 4.69) is 15.3 Å². The lowest BCUT2D eigenvalue weighted by Gasteiger charge is -2.10. The SMILES string of the molecule is OCCNc1nc(-c2ccc(Cl)cc2)nc2ccccc12. The number of aliphatic hydroxyl groups excluding tert-OH is 1. The van der Waals surface area contributed by atoms with Crippen LogP contribution in [0.3, 0.4) is 0 Å². The Hall–Kier alpha value is -2.17. The number of fused-ring (bicyclic) bond motifs is 1. The van der Waals surface area contributed by atoms with Gasteiger partial charge >= 0.3 is 0 Å². The second-order valence-corrected chi connectivity index (χ2v) is 5.01. The van der Waals surface area contributed by atoms with E-state index in [1.54, 1.807) is 0 Å². The molecule has 21 heavy (non-hydrogen) atoms. The normalized spacial score (nSPS) is 10.8. The maximum atomic E-state index is 9.00. The van der Waals surface area contributed by atoms with Gasteiger partial charge in [-0.15, -0.1) is 0 Å². The first-order chi connectivity index (χ1) is 10.3. The van der Waals surface area contributed by atoms with Crippen LogP contribution in [-0.2, 0) is 0 Å². The zero-order chi connectivity index (χ0) is 14.7. The smallest absolute Gasteiger partial charge is 0.162 e. The molecule has 2 aromatic carbocycles. The lowest BCUT2D eigenvalue weighted by Crippen LogP contribution is -2.08. The number of halogens is 1. The quantitative estimate of drug-likeness (QED) is 0.775. The second-order valence-electron chi connectivity index (χ2n) is 4.57. The molecule has 0 fully saturated rings. The number of hydrogen-bond donors (Lipinski definition) is 2. The fourth-order valence-corrected chi connectivity index (χ4v) is 2.24. The van der Waals surface area contributed by atoms with E-state index in [-0.39, 0.29) is 6.61 Å². The number of rotatable bonds is 4. The minimum Gasteiger partial charge on any atom is -0.395 e. The van der Waals surface area contributed by atoms with Gasteiger partial charge in [0.05, 0.1) is 12.1 Å². The lowest BCUT2D eigenvalue weighted by atomic mass is 10.2. The molecular weight excluding hydrogens is 286 g/mol. The maximum absolute atomic E-state index is 9.00. The van der Waals surface area contributed by atoms with Gasteiger partial charge in [-0.3, -0.25) is 0 Å². The van der Waals surface area contributed by atoms with Gasteiger partial charge in [0.1, 0.15) is 5.82 Å². The summed E-state index contributed by atoms with van der Waals surface area (Å²) >= 11 is 5.91. The molecular formula is C16H14ClN3O. The fraction of sp³-hybridized carbons (Fsp3) is 0.125. The molecule has 0 aliphatic rings. The van der Waals surface area contributed by atoms with Crippen molar-refractivity contribution < 1.29 is 5.11 Å². The first-order valence-corrected chi connectivity index (χ1v) is 7.03. The summed E-state index contributed by atoms with van der Waals surface area (Å²) in [6.07, 6.45) is 0. The maximum Gasteiger partial charge on any atom is 0.162 e. The Balaban J connectivity index is 2.12. The van der Waals surface area contributed by atoms with E-state index in [0.29, 0.717) is 17.4 Å². The zero-order valence-electron chi connectivity index (χ0n) is 11.3. The minimum atomic E-state index is 0.0502. The summed E-state index contributed by atoms with van der Waals surface area (Å²) in [5, 5.41) is 13.7. The zero-order valence-corrected chi connectivity index (χ0v) is 12.0. The third kappa shape index (κ3) is 2.96. The number of aliphatic hydroxyl groups is 1. The van der Waals surface area contributed by atoms with Crippen LogP contribution in [0.5, 0.6) is 0 Å². The molecule has 0 radical (unpaired) electrons. The van der Waals surface area contributed by atoms with Gasteiger partial charge < -0.3 is 10.4 Å². The number of benzene rings is 2. The van der Waals surface area contributed by atoms with Crippen molar-refractivity contribution in [2.24, 2.45) is 0 Å². The Labute approximate surface area is 127 Å². The highest BCUT2D eigenvalue weighted by Crippen LogP contribution is 2.25. The monoisotopic (exact) mass is 299 g/mol. The molecule has 106 valence electrons. The van der Waals surface area contributed by atoms with Crippen LogP contribution >= 0.6 is 11.6 Å².